The van der Waals surface area contributed by atoms with Gasteiger partial charge in [0.2, 0.25) is 17.4 Å². The zero-order chi connectivity index (χ0) is 23.9. The fourth-order valence-electron chi connectivity index (χ4n) is 6.15. The number of Topliss-reactive ketones (excluding diaryl/α,β-unsaturated/α-hetero) is 2. The van der Waals surface area contributed by atoms with Crippen LogP contribution in [0.5, 0.6) is 0 Å². The summed E-state index contributed by atoms with van der Waals surface area (Å²) in [5, 5.41) is 0. The molecule has 8 heteroatoms. The molecule has 0 spiro atoms. The predicted octanol–water partition coefficient (Wildman–Crippen LogP) is 2.36. The third kappa shape index (κ3) is 2.74. The third-order valence-corrected chi connectivity index (χ3v) is 7.23. The number of hydrogen-bond acceptors (Lipinski definition) is 8. The predicted molar refractivity (Wildman–Crippen MR) is 115 cm³/mol. The lowest BCUT2D eigenvalue weighted by molar-refractivity contribution is -0.292. The summed E-state index contributed by atoms with van der Waals surface area (Å²) >= 11 is 0. The zero-order valence-corrected chi connectivity index (χ0v) is 19.6. The number of allylic oxidation sites excluding steroid dienone is 2. The number of methoxy groups -OCH3 is 6. The lowest BCUT2D eigenvalue weighted by Gasteiger charge is -2.57. The van der Waals surface area contributed by atoms with E-state index in [0.29, 0.717) is 18.4 Å². The highest BCUT2D eigenvalue weighted by atomic mass is 16.7. The van der Waals surface area contributed by atoms with E-state index in [9.17, 15) is 9.59 Å². The molecule has 0 amide bonds. The van der Waals surface area contributed by atoms with Crippen LogP contribution in [0.2, 0.25) is 0 Å². The van der Waals surface area contributed by atoms with Crippen molar-refractivity contribution >= 4 is 11.6 Å². The number of carbonyl (C=O) groups is 2. The van der Waals surface area contributed by atoms with Crippen molar-refractivity contribution < 1.29 is 38.0 Å². The van der Waals surface area contributed by atoms with Crippen LogP contribution in [0.1, 0.15) is 12.8 Å². The molecule has 3 aliphatic rings. The van der Waals surface area contributed by atoms with Gasteiger partial charge in [-0.15, -0.1) is 13.2 Å². The lowest BCUT2D eigenvalue weighted by Crippen LogP contribution is -2.67. The summed E-state index contributed by atoms with van der Waals surface area (Å²) in [5.74, 6) is -5.75. The van der Waals surface area contributed by atoms with Gasteiger partial charge < -0.3 is 28.4 Å². The molecular formula is C24H32O8. The molecule has 0 heterocycles. The molecule has 0 aromatic rings. The maximum absolute atomic E-state index is 13.9. The maximum atomic E-state index is 13.9. The summed E-state index contributed by atoms with van der Waals surface area (Å²) < 4.78 is 34.7. The fourth-order valence-corrected chi connectivity index (χ4v) is 6.15. The quantitative estimate of drug-likeness (QED) is 0.372. The van der Waals surface area contributed by atoms with E-state index in [1.165, 1.54) is 42.7 Å². The fraction of sp³-hybridized carbons (Fsp3) is 0.583. The normalized spacial score (nSPS) is 32.4. The van der Waals surface area contributed by atoms with Crippen molar-refractivity contribution in [3.8, 4) is 0 Å². The first kappa shape index (κ1) is 24.5. The third-order valence-electron chi connectivity index (χ3n) is 7.23. The molecular weight excluding hydrogens is 416 g/mol. The standard InChI is InChI=1S/C24H32O8/c1-9-11-14-16-20(26)23(29-5,30-6)17(14)18-22(12-10-2,21(16)28-4)13-15(27-3)19(25)24(18,31-7)32-8/h9-10,13,17-18,21H,1-2,11-12H2,3-8H3/t17?,18-,21-,22-/m0/s1. The van der Waals surface area contributed by atoms with E-state index in [2.05, 4.69) is 13.2 Å². The van der Waals surface area contributed by atoms with E-state index < -0.39 is 40.7 Å². The van der Waals surface area contributed by atoms with Crippen LogP contribution in [0.4, 0.5) is 0 Å². The minimum atomic E-state index is -1.80. The molecule has 2 bridgehead atoms. The molecule has 3 rings (SSSR count). The molecule has 4 atom stereocenters. The Morgan fingerprint density at radius 1 is 0.906 bits per heavy atom. The zero-order valence-electron chi connectivity index (χ0n) is 19.6. The van der Waals surface area contributed by atoms with Crippen molar-refractivity contribution in [3.05, 3.63) is 48.3 Å². The van der Waals surface area contributed by atoms with E-state index in [1.807, 2.05) is 0 Å². The van der Waals surface area contributed by atoms with Crippen molar-refractivity contribution in [1.82, 2.24) is 0 Å². The molecule has 1 unspecified atom stereocenters. The van der Waals surface area contributed by atoms with Crippen LogP contribution in [-0.4, -0.2) is 71.9 Å². The van der Waals surface area contributed by atoms with Gasteiger partial charge in [0.1, 0.15) is 0 Å². The van der Waals surface area contributed by atoms with Gasteiger partial charge in [-0.3, -0.25) is 9.59 Å². The minimum Gasteiger partial charge on any atom is -0.493 e. The van der Waals surface area contributed by atoms with Crippen LogP contribution in [0.25, 0.3) is 0 Å². The summed E-state index contributed by atoms with van der Waals surface area (Å²) in [6, 6.07) is 0. The summed E-state index contributed by atoms with van der Waals surface area (Å²) in [7, 11) is 8.54. The first-order valence-electron chi connectivity index (χ1n) is 10.3. The molecule has 176 valence electrons. The van der Waals surface area contributed by atoms with Gasteiger partial charge in [0.05, 0.1) is 19.1 Å². The van der Waals surface area contributed by atoms with E-state index >= 15 is 0 Å². The average Bonchev–Trinajstić information content (AvgIpc) is 2.99. The van der Waals surface area contributed by atoms with Crippen LogP contribution < -0.4 is 0 Å². The van der Waals surface area contributed by atoms with Gasteiger partial charge in [0.25, 0.3) is 5.78 Å². The second kappa shape index (κ2) is 8.68. The maximum Gasteiger partial charge on any atom is 0.256 e. The molecule has 0 saturated carbocycles. The van der Waals surface area contributed by atoms with Crippen LogP contribution in [-0.2, 0) is 38.0 Å². The van der Waals surface area contributed by atoms with E-state index in [4.69, 9.17) is 28.4 Å². The number of ether oxygens (including phenoxy) is 6. The van der Waals surface area contributed by atoms with E-state index in [0.717, 1.165) is 5.57 Å². The van der Waals surface area contributed by atoms with Gasteiger partial charge in [-0.05, 0) is 24.5 Å². The minimum absolute atomic E-state index is 0.0638. The van der Waals surface area contributed by atoms with Gasteiger partial charge in [-0.1, -0.05) is 12.2 Å². The van der Waals surface area contributed by atoms with Crippen molar-refractivity contribution in [2.45, 2.75) is 30.5 Å². The van der Waals surface area contributed by atoms with Crippen LogP contribution in [0, 0.1) is 17.3 Å². The second-order valence-electron chi connectivity index (χ2n) is 8.13. The lowest BCUT2D eigenvalue weighted by atomic mass is 9.52. The Hall–Kier alpha value is -2.10. The summed E-state index contributed by atoms with van der Waals surface area (Å²) in [5.41, 5.74) is 0.202. The van der Waals surface area contributed by atoms with Crippen molar-refractivity contribution in [2.75, 3.05) is 42.7 Å². The average molecular weight is 449 g/mol. The number of rotatable bonds is 10. The van der Waals surface area contributed by atoms with Crippen molar-refractivity contribution in [3.63, 3.8) is 0 Å². The Labute approximate surface area is 188 Å². The van der Waals surface area contributed by atoms with Crippen LogP contribution >= 0.6 is 0 Å². The highest BCUT2D eigenvalue weighted by Crippen LogP contribution is 2.66. The number of fused-ring (bicyclic) bond motifs is 3. The Morgan fingerprint density at radius 3 is 1.94 bits per heavy atom. The van der Waals surface area contributed by atoms with E-state index in [-0.39, 0.29) is 11.5 Å². The van der Waals surface area contributed by atoms with Crippen molar-refractivity contribution in [2.24, 2.45) is 17.3 Å². The first-order valence-corrected chi connectivity index (χ1v) is 10.3. The number of carbonyl (C=O) groups excluding carboxylic acids is 2. The summed E-state index contributed by atoms with van der Waals surface area (Å²) in [4.78, 5) is 27.5. The topological polar surface area (TPSA) is 89.5 Å². The molecule has 0 N–H and O–H groups in total. The molecule has 8 nitrogen and oxygen atoms in total. The Balaban J connectivity index is 2.53. The Kier molecular flexibility index (Phi) is 6.66. The monoisotopic (exact) mass is 448 g/mol. The molecule has 0 aromatic heterocycles. The summed E-state index contributed by atoms with van der Waals surface area (Å²) in [6.45, 7) is 7.78. The van der Waals surface area contributed by atoms with Gasteiger partial charge in [-0.25, -0.2) is 0 Å². The number of ketones is 2. The SMILES string of the molecule is C=CCC1=C2C(=O)C(OC)(OC)C1[C@@H]1C(OC)(OC)C(=O)C(OC)=C[C@]1(CC=C)[C@H]2OC. The van der Waals surface area contributed by atoms with Gasteiger partial charge in [0, 0.05) is 52.5 Å². The Bertz CT molecular complexity index is 876. The van der Waals surface area contributed by atoms with Crippen LogP contribution in [0.15, 0.2) is 48.3 Å². The molecule has 0 fully saturated rings. The molecule has 32 heavy (non-hydrogen) atoms. The Morgan fingerprint density at radius 2 is 1.50 bits per heavy atom. The summed E-state index contributed by atoms with van der Waals surface area (Å²) in [6.07, 6.45) is 5.10. The highest BCUT2D eigenvalue weighted by molar-refractivity contribution is 6.08. The molecule has 0 aromatic carbocycles. The molecule has 0 saturated heterocycles. The smallest absolute Gasteiger partial charge is 0.256 e. The van der Waals surface area contributed by atoms with Crippen LogP contribution in [0.3, 0.4) is 0 Å². The van der Waals surface area contributed by atoms with Crippen molar-refractivity contribution in [1.29, 1.82) is 0 Å². The van der Waals surface area contributed by atoms with Gasteiger partial charge in [0.15, 0.2) is 5.76 Å². The molecule has 3 aliphatic carbocycles. The largest absolute Gasteiger partial charge is 0.493 e. The molecule has 0 radical (unpaired) electrons. The highest BCUT2D eigenvalue weighted by Gasteiger charge is 2.76. The second-order valence-corrected chi connectivity index (χ2v) is 8.13. The first-order chi connectivity index (χ1) is 15.3. The number of hydrogen-bond donors (Lipinski definition) is 0. The molecule has 0 aliphatic heterocycles. The van der Waals surface area contributed by atoms with E-state index in [1.54, 1.807) is 18.2 Å². The van der Waals surface area contributed by atoms with Gasteiger partial charge in [-0.2, -0.15) is 0 Å². The van der Waals surface area contributed by atoms with Gasteiger partial charge >= 0.3 is 0 Å².